The lowest BCUT2D eigenvalue weighted by molar-refractivity contribution is -0.140. The van der Waals surface area contributed by atoms with E-state index in [4.69, 9.17) is 4.74 Å². The van der Waals surface area contributed by atoms with E-state index < -0.39 is 28.5 Å². The SMILES string of the molecule is CCCCNC(=O)C(Cc1ccccc1)N(Cc1ccc(C)cc1)C(=O)CN(c1ccc(OCC)cc1)S(=O)(=O)c1ccc(C)cc1. The Bertz CT molecular complexity index is 1690. The zero-order valence-electron chi connectivity index (χ0n) is 27.7. The number of aryl methyl sites for hydroxylation is 2. The van der Waals surface area contributed by atoms with Crippen LogP contribution in [0.5, 0.6) is 5.75 Å². The molecule has 0 saturated heterocycles. The van der Waals surface area contributed by atoms with Crippen molar-refractivity contribution in [2.24, 2.45) is 0 Å². The van der Waals surface area contributed by atoms with Gasteiger partial charge >= 0.3 is 0 Å². The molecule has 2 amide bonds. The first-order valence-corrected chi connectivity index (χ1v) is 17.5. The van der Waals surface area contributed by atoms with E-state index in [0.717, 1.165) is 39.4 Å². The van der Waals surface area contributed by atoms with Crippen LogP contribution in [-0.2, 0) is 32.6 Å². The van der Waals surface area contributed by atoms with Gasteiger partial charge in [-0.25, -0.2) is 8.42 Å². The Morgan fingerprint density at radius 2 is 1.40 bits per heavy atom. The standard InChI is InChI=1S/C38H45N3O5S/c1-5-7-25-39-38(43)36(26-31-11-9-8-10-12-31)40(27-32-17-13-29(3)14-18-32)37(42)28-41(33-19-21-34(22-20-33)46-6-2)47(44,45)35-23-15-30(4)16-24-35/h8-24,36H,5-7,25-28H2,1-4H3,(H,39,43). The van der Waals surface area contributed by atoms with E-state index >= 15 is 0 Å². The number of ether oxygens (including phenoxy) is 1. The Labute approximate surface area is 279 Å². The Kier molecular flexibility index (Phi) is 12.6. The van der Waals surface area contributed by atoms with Crippen LogP contribution in [0.2, 0.25) is 0 Å². The van der Waals surface area contributed by atoms with Gasteiger partial charge in [0.2, 0.25) is 11.8 Å². The van der Waals surface area contributed by atoms with Crippen LogP contribution in [0.4, 0.5) is 5.69 Å². The lowest BCUT2D eigenvalue weighted by Gasteiger charge is -2.34. The molecule has 0 aliphatic rings. The molecule has 4 rings (SSSR count). The van der Waals surface area contributed by atoms with Crippen LogP contribution in [0.15, 0.2) is 108 Å². The van der Waals surface area contributed by atoms with Crippen molar-refractivity contribution in [1.29, 1.82) is 0 Å². The number of amides is 2. The lowest BCUT2D eigenvalue weighted by Crippen LogP contribution is -2.53. The average Bonchev–Trinajstić information content (AvgIpc) is 3.07. The summed E-state index contributed by atoms with van der Waals surface area (Å²) in [4.78, 5) is 30.0. The number of benzene rings is 4. The van der Waals surface area contributed by atoms with Crippen LogP contribution >= 0.6 is 0 Å². The maximum absolute atomic E-state index is 14.6. The molecule has 1 unspecified atom stereocenters. The Morgan fingerprint density at radius 3 is 2.00 bits per heavy atom. The van der Waals surface area contributed by atoms with E-state index in [0.29, 0.717) is 24.6 Å². The highest BCUT2D eigenvalue weighted by Crippen LogP contribution is 2.27. The fourth-order valence-electron chi connectivity index (χ4n) is 5.19. The van der Waals surface area contributed by atoms with Gasteiger partial charge in [-0.05, 0) is 74.7 Å². The third-order valence-corrected chi connectivity index (χ3v) is 9.69. The van der Waals surface area contributed by atoms with Crippen molar-refractivity contribution >= 4 is 27.5 Å². The number of sulfonamides is 1. The van der Waals surface area contributed by atoms with Gasteiger partial charge in [0.25, 0.3) is 10.0 Å². The maximum Gasteiger partial charge on any atom is 0.264 e. The molecular weight excluding hydrogens is 611 g/mol. The average molecular weight is 656 g/mol. The van der Waals surface area contributed by atoms with Crippen LogP contribution in [0, 0.1) is 13.8 Å². The van der Waals surface area contributed by atoms with E-state index in [1.165, 1.54) is 4.90 Å². The van der Waals surface area contributed by atoms with Gasteiger partial charge in [-0.1, -0.05) is 91.2 Å². The molecule has 47 heavy (non-hydrogen) atoms. The van der Waals surface area contributed by atoms with Crippen molar-refractivity contribution in [2.75, 3.05) is 24.0 Å². The molecule has 0 radical (unpaired) electrons. The van der Waals surface area contributed by atoms with E-state index in [9.17, 15) is 18.0 Å². The Morgan fingerprint density at radius 1 is 0.787 bits per heavy atom. The lowest BCUT2D eigenvalue weighted by atomic mass is 10.0. The van der Waals surface area contributed by atoms with Gasteiger partial charge in [0.1, 0.15) is 18.3 Å². The van der Waals surface area contributed by atoms with E-state index in [2.05, 4.69) is 5.32 Å². The quantitative estimate of drug-likeness (QED) is 0.140. The van der Waals surface area contributed by atoms with Gasteiger partial charge in [0.05, 0.1) is 17.2 Å². The number of nitrogens with zero attached hydrogens (tertiary/aromatic N) is 2. The smallest absolute Gasteiger partial charge is 0.264 e. The highest BCUT2D eigenvalue weighted by Gasteiger charge is 2.34. The van der Waals surface area contributed by atoms with Crippen LogP contribution in [-0.4, -0.2) is 50.9 Å². The summed E-state index contributed by atoms with van der Waals surface area (Å²) in [5, 5.41) is 3.02. The second-order valence-electron chi connectivity index (χ2n) is 11.6. The molecule has 248 valence electrons. The first kappa shape index (κ1) is 35.2. The van der Waals surface area contributed by atoms with Gasteiger partial charge in [-0.2, -0.15) is 0 Å². The monoisotopic (exact) mass is 655 g/mol. The first-order valence-electron chi connectivity index (χ1n) is 16.1. The fraction of sp³-hybridized carbons (Fsp3) is 0.316. The normalized spacial score (nSPS) is 11.8. The molecule has 0 heterocycles. The molecule has 9 heteroatoms. The van der Waals surface area contributed by atoms with Crippen molar-refractivity contribution < 1.29 is 22.7 Å². The second-order valence-corrected chi connectivity index (χ2v) is 13.5. The topological polar surface area (TPSA) is 96.0 Å². The summed E-state index contributed by atoms with van der Waals surface area (Å²) in [6.45, 7) is 8.33. The number of rotatable bonds is 16. The largest absolute Gasteiger partial charge is 0.494 e. The molecule has 4 aromatic rings. The minimum atomic E-state index is -4.18. The van der Waals surface area contributed by atoms with E-state index in [1.54, 1.807) is 48.5 Å². The number of carbonyl (C=O) groups excluding carboxylic acids is 2. The molecule has 0 spiro atoms. The van der Waals surface area contributed by atoms with Gasteiger partial charge < -0.3 is 15.0 Å². The summed E-state index contributed by atoms with van der Waals surface area (Å²) in [5.41, 5.74) is 4.01. The van der Waals surface area contributed by atoms with Crippen molar-refractivity contribution in [3.63, 3.8) is 0 Å². The van der Waals surface area contributed by atoms with Crippen molar-refractivity contribution in [3.8, 4) is 5.75 Å². The Hall–Kier alpha value is -4.63. The number of hydrogen-bond acceptors (Lipinski definition) is 5. The molecule has 4 aromatic carbocycles. The molecule has 1 atom stereocenters. The van der Waals surface area contributed by atoms with Crippen LogP contribution in [0.1, 0.15) is 48.9 Å². The minimum absolute atomic E-state index is 0.0630. The highest BCUT2D eigenvalue weighted by molar-refractivity contribution is 7.92. The molecular formula is C38H45N3O5S. The first-order chi connectivity index (χ1) is 22.6. The number of nitrogens with one attached hydrogen (secondary N) is 1. The van der Waals surface area contributed by atoms with Crippen LogP contribution in [0.25, 0.3) is 0 Å². The number of hydrogen-bond donors (Lipinski definition) is 1. The molecule has 1 N–H and O–H groups in total. The minimum Gasteiger partial charge on any atom is -0.494 e. The zero-order chi connectivity index (χ0) is 33.8. The van der Waals surface area contributed by atoms with Gasteiger partial charge in [0, 0.05) is 19.5 Å². The summed E-state index contributed by atoms with van der Waals surface area (Å²) in [5.74, 6) is -0.193. The van der Waals surface area contributed by atoms with E-state index in [-0.39, 0.29) is 23.8 Å². The predicted octanol–water partition coefficient (Wildman–Crippen LogP) is 6.45. The highest BCUT2D eigenvalue weighted by atomic mass is 32.2. The summed E-state index contributed by atoms with van der Waals surface area (Å²) >= 11 is 0. The van der Waals surface area contributed by atoms with Crippen molar-refractivity contribution in [1.82, 2.24) is 10.2 Å². The third-order valence-electron chi connectivity index (χ3n) is 7.90. The molecule has 0 aromatic heterocycles. The summed E-state index contributed by atoms with van der Waals surface area (Å²) in [6, 6.07) is 29.6. The van der Waals surface area contributed by atoms with Crippen LogP contribution in [0.3, 0.4) is 0 Å². The molecule has 0 fully saturated rings. The number of unbranched alkanes of at least 4 members (excludes halogenated alkanes) is 1. The summed E-state index contributed by atoms with van der Waals surface area (Å²) in [6.07, 6.45) is 1.98. The van der Waals surface area contributed by atoms with Crippen molar-refractivity contribution in [3.05, 3.63) is 125 Å². The molecule has 0 bridgehead atoms. The van der Waals surface area contributed by atoms with Gasteiger partial charge in [0.15, 0.2) is 0 Å². The van der Waals surface area contributed by atoms with Gasteiger partial charge in [-0.3, -0.25) is 13.9 Å². The molecule has 0 aliphatic heterocycles. The molecule has 0 saturated carbocycles. The second kappa shape index (κ2) is 16.8. The summed E-state index contributed by atoms with van der Waals surface area (Å²) < 4.78 is 35.1. The maximum atomic E-state index is 14.6. The molecule has 8 nitrogen and oxygen atoms in total. The van der Waals surface area contributed by atoms with Crippen molar-refractivity contribution in [2.45, 2.75) is 64.4 Å². The summed E-state index contributed by atoms with van der Waals surface area (Å²) in [7, 11) is -4.18. The zero-order valence-corrected chi connectivity index (χ0v) is 28.5. The third kappa shape index (κ3) is 9.68. The van der Waals surface area contributed by atoms with E-state index in [1.807, 2.05) is 82.3 Å². The molecule has 0 aliphatic carbocycles. The fourth-order valence-corrected chi connectivity index (χ4v) is 6.61. The predicted molar refractivity (Wildman–Crippen MR) is 187 cm³/mol. The Balaban J connectivity index is 1.78. The van der Waals surface area contributed by atoms with Gasteiger partial charge in [-0.15, -0.1) is 0 Å². The number of carbonyl (C=O) groups is 2. The number of anilines is 1. The van der Waals surface area contributed by atoms with Crippen LogP contribution < -0.4 is 14.4 Å².